The standard InChI is InChI=1S/C16H15NO3/c1-18-13-3-2-4-14(9-13)19-10-15-7-11-5-6-12(17)8-16(11)20-15/h2-9H,10,17H2,1H3. The molecule has 1 aromatic heterocycles. The number of nitrogens with two attached hydrogens (primary N) is 1. The molecule has 20 heavy (non-hydrogen) atoms. The van der Waals surface area contributed by atoms with Crippen LogP contribution in [0.2, 0.25) is 0 Å². The molecule has 0 aliphatic rings. The normalized spacial score (nSPS) is 10.7. The van der Waals surface area contributed by atoms with Gasteiger partial charge in [-0.15, -0.1) is 0 Å². The first-order valence-electron chi connectivity index (χ1n) is 6.29. The molecule has 4 nitrogen and oxygen atoms in total. The minimum Gasteiger partial charge on any atom is -0.497 e. The zero-order chi connectivity index (χ0) is 13.9. The van der Waals surface area contributed by atoms with E-state index in [2.05, 4.69) is 0 Å². The molecule has 0 amide bonds. The number of fused-ring (bicyclic) bond motifs is 1. The van der Waals surface area contributed by atoms with E-state index in [-0.39, 0.29) is 0 Å². The van der Waals surface area contributed by atoms with Crippen molar-refractivity contribution in [3.8, 4) is 11.5 Å². The molecule has 0 saturated heterocycles. The smallest absolute Gasteiger partial charge is 0.146 e. The van der Waals surface area contributed by atoms with Gasteiger partial charge in [-0.1, -0.05) is 6.07 Å². The van der Waals surface area contributed by atoms with Crippen LogP contribution in [0, 0.1) is 0 Å². The predicted molar refractivity (Wildman–Crippen MR) is 78.0 cm³/mol. The molecular formula is C16H15NO3. The van der Waals surface area contributed by atoms with E-state index >= 15 is 0 Å². The van der Waals surface area contributed by atoms with E-state index in [1.165, 1.54) is 0 Å². The summed E-state index contributed by atoms with van der Waals surface area (Å²) in [5, 5.41) is 1.02. The fourth-order valence-electron chi connectivity index (χ4n) is 2.02. The first-order valence-corrected chi connectivity index (χ1v) is 6.29. The fraction of sp³-hybridized carbons (Fsp3) is 0.125. The number of rotatable bonds is 4. The minimum absolute atomic E-state index is 0.363. The minimum atomic E-state index is 0.363. The van der Waals surface area contributed by atoms with Gasteiger partial charge in [0.1, 0.15) is 29.4 Å². The Morgan fingerprint density at radius 3 is 2.75 bits per heavy atom. The van der Waals surface area contributed by atoms with Gasteiger partial charge in [-0.05, 0) is 30.3 Å². The van der Waals surface area contributed by atoms with Crippen LogP contribution in [-0.2, 0) is 6.61 Å². The number of hydrogen-bond acceptors (Lipinski definition) is 4. The summed E-state index contributed by atoms with van der Waals surface area (Å²) in [5.74, 6) is 2.26. The highest BCUT2D eigenvalue weighted by Crippen LogP contribution is 2.24. The highest BCUT2D eigenvalue weighted by Gasteiger charge is 2.05. The van der Waals surface area contributed by atoms with Crippen LogP contribution < -0.4 is 15.2 Å². The van der Waals surface area contributed by atoms with Crippen molar-refractivity contribution in [2.24, 2.45) is 0 Å². The third kappa shape index (κ3) is 2.54. The van der Waals surface area contributed by atoms with Gasteiger partial charge in [0.25, 0.3) is 0 Å². The first-order chi connectivity index (χ1) is 9.74. The third-order valence-electron chi connectivity index (χ3n) is 3.02. The summed E-state index contributed by atoms with van der Waals surface area (Å²) in [6.45, 7) is 0.363. The number of anilines is 1. The molecule has 0 fully saturated rings. The Hall–Kier alpha value is -2.62. The number of benzene rings is 2. The third-order valence-corrected chi connectivity index (χ3v) is 3.02. The Kier molecular flexibility index (Phi) is 3.21. The van der Waals surface area contributed by atoms with Gasteiger partial charge in [-0.2, -0.15) is 0 Å². The molecule has 2 N–H and O–H groups in total. The Morgan fingerprint density at radius 2 is 1.90 bits per heavy atom. The van der Waals surface area contributed by atoms with Gasteiger partial charge in [0.15, 0.2) is 0 Å². The van der Waals surface area contributed by atoms with Gasteiger partial charge in [-0.25, -0.2) is 0 Å². The Labute approximate surface area is 116 Å². The lowest BCUT2D eigenvalue weighted by Gasteiger charge is -2.05. The lowest BCUT2D eigenvalue weighted by molar-refractivity contribution is 0.273. The predicted octanol–water partition coefficient (Wildman–Crippen LogP) is 3.60. The van der Waals surface area contributed by atoms with Crippen molar-refractivity contribution < 1.29 is 13.9 Å². The molecule has 0 bridgehead atoms. The van der Waals surface area contributed by atoms with Crippen molar-refractivity contribution >= 4 is 16.7 Å². The fourth-order valence-corrected chi connectivity index (χ4v) is 2.02. The van der Waals surface area contributed by atoms with Crippen LogP contribution in [-0.4, -0.2) is 7.11 Å². The summed E-state index contributed by atoms with van der Waals surface area (Å²) in [4.78, 5) is 0. The molecule has 3 aromatic rings. The molecule has 0 atom stereocenters. The second kappa shape index (κ2) is 5.17. The van der Waals surface area contributed by atoms with Gasteiger partial charge in [-0.3, -0.25) is 0 Å². The van der Waals surface area contributed by atoms with E-state index < -0.39 is 0 Å². The molecule has 4 heteroatoms. The molecular weight excluding hydrogens is 254 g/mol. The van der Waals surface area contributed by atoms with Crippen molar-refractivity contribution in [1.82, 2.24) is 0 Å². The SMILES string of the molecule is COc1cccc(OCc2cc3ccc(N)cc3o2)c1. The summed E-state index contributed by atoms with van der Waals surface area (Å²) < 4.78 is 16.5. The zero-order valence-corrected chi connectivity index (χ0v) is 11.1. The van der Waals surface area contributed by atoms with E-state index in [0.717, 1.165) is 28.2 Å². The van der Waals surface area contributed by atoms with Crippen molar-refractivity contribution in [3.05, 3.63) is 54.3 Å². The largest absolute Gasteiger partial charge is 0.497 e. The second-order valence-electron chi connectivity index (χ2n) is 4.48. The second-order valence-corrected chi connectivity index (χ2v) is 4.48. The molecule has 0 spiro atoms. The lowest BCUT2D eigenvalue weighted by atomic mass is 10.2. The zero-order valence-electron chi connectivity index (χ0n) is 11.1. The number of ether oxygens (including phenoxy) is 2. The van der Waals surface area contributed by atoms with Crippen LogP contribution in [0.15, 0.2) is 52.9 Å². The quantitative estimate of drug-likeness (QED) is 0.735. The van der Waals surface area contributed by atoms with Crippen LogP contribution in [0.3, 0.4) is 0 Å². The molecule has 0 radical (unpaired) electrons. The van der Waals surface area contributed by atoms with E-state index in [9.17, 15) is 0 Å². The molecule has 102 valence electrons. The topological polar surface area (TPSA) is 57.6 Å². The lowest BCUT2D eigenvalue weighted by Crippen LogP contribution is -1.93. The van der Waals surface area contributed by atoms with Crippen molar-refractivity contribution in [3.63, 3.8) is 0 Å². The summed E-state index contributed by atoms with van der Waals surface area (Å²) in [7, 11) is 1.63. The van der Waals surface area contributed by atoms with Crippen LogP contribution in [0.5, 0.6) is 11.5 Å². The van der Waals surface area contributed by atoms with Crippen LogP contribution in [0.1, 0.15) is 5.76 Å². The maximum atomic E-state index is 5.72. The summed E-state index contributed by atoms with van der Waals surface area (Å²) >= 11 is 0. The maximum Gasteiger partial charge on any atom is 0.146 e. The van der Waals surface area contributed by atoms with Crippen LogP contribution >= 0.6 is 0 Å². The maximum absolute atomic E-state index is 5.72. The molecule has 2 aromatic carbocycles. The average Bonchev–Trinajstić information content (AvgIpc) is 2.87. The highest BCUT2D eigenvalue weighted by atomic mass is 16.5. The van der Waals surface area contributed by atoms with Crippen molar-refractivity contribution in [2.75, 3.05) is 12.8 Å². The van der Waals surface area contributed by atoms with E-state index in [0.29, 0.717) is 12.3 Å². The number of nitrogen functional groups attached to an aromatic ring is 1. The van der Waals surface area contributed by atoms with E-state index in [1.54, 1.807) is 7.11 Å². The van der Waals surface area contributed by atoms with Crippen molar-refractivity contribution in [1.29, 1.82) is 0 Å². The Morgan fingerprint density at radius 1 is 1.05 bits per heavy atom. The molecule has 0 aliphatic carbocycles. The average molecular weight is 269 g/mol. The van der Waals surface area contributed by atoms with Crippen LogP contribution in [0.4, 0.5) is 5.69 Å². The molecule has 1 heterocycles. The number of hydrogen-bond donors (Lipinski definition) is 1. The highest BCUT2D eigenvalue weighted by molar-refractivity contribution is 5.81. The van der Waals surface area contributed by atoms with Gasteiger partial charge >= 0.3 is 0 Å². The van der Waals surface area contributed by atoms with E-state index in [1.807, 2.05) is 48.5 Å². The van der Waals surface area contributed by atoms with Crippen molar-refractivity contribution in [2.45, 2.75) is 6.61 Å². The van der Waals surface area contributed by atoms with Gasteiger partial charge < -0.3 is 19.6 Å². The molecule has 0 unspecified atom stereocenters. The summed E-state index contributed by atoms with van der Waals surface area (Å²) in [5.41, 5.74) is 7.18. The van der Waals surface area contributed by atoms with E-state index in [4.69, 9.17) is 19.6 Å². The molecule has 0 aliphatic heterocycles. The van der Waals surface area contributed by atoms with Gasteiger partial charge in [0.2, 0.25) is 0 Å². The molecule has 0 saturated carbocycles. The monoisotopic (exact) mass is 269 g/mol. The molecule has 3 rings (SSSR count). The summed E-state index contributed by atoms with van der Waals surface area (Å²) in [6.07, 6.45) is 0. The van der Waals surface area contributed by atoms with Gasteiger partial charge in [0, 0.05) is 23.2 Å². The Balaban J connectivity index is 1.76. The van der Waals surface area contributed by atoms with Gasteiger partial charge in [0.05, 0.1) is 7.11 Å². The van der Waals surface area contributed by atoms with Crippen LogP contribution in [0.25, 0.3) is 11.0 Å². The number of methoxy groups -OCH3 is 1. The Bertz CT molecular complexity index is 733. The summed E-state index contributed by atoms with van der Waals surface area (Å²) in [6, 6.07) is 15.0. The number of furan rings is 1. The first kappa shape index (κ1) is 12.4.